The molecule has 1 N–H and O–H groups in total. The van der Waals surface area contributed by atoms with Crippen molar-refractivity contribution in [2.24, 2.45) is 0 Å². The van der Waals surface area contributed by atoms with Gasteiger partial charge in [0.15, 0.2) is 0 Å². The van der Waals surface area contributed by atoms with Crippen LogP contribution < -0.4 is 15.0 Å². The first-order valence-corrected chi connectivity index (χ1v) is 11.5. The number of hydrogen-bond acceptors (Lipinski definition) is 4. The summed E-state index contributed by atoms with van der Waals surface area (Å²) in [5.74, 6) is -0.586. The van der Waals surface area contributed by atoms with E-state index in [4.69, 9.17) is 4.74 Å². The molecule has 0 fully saturated rings. The Hall–Kier alpha value is -4.46. The molecule has 4 aromatic rings. The van der Waals surface area contributed by atoms with E-state index in [0.717, 1.165) is 11.1 Å². The van der Waals surface area contributed by atoms with Crippen molar-refractivity contribution in [3.8, 4) is 17.0 Å². The van der Waals surface area contributed by atoms with Crippen molar-refractivity contribution in [1.82, 2.24) is 15.1 Å². The zero-order valence-electron chi connectivity index (χ0n) is 19.9. The standard InChI is InChI=1S/C28H25FN4O3/c1-28(27(35)30-17-19-7-4-3-5-8-19)18-32-25(26(34)33(28)22-10-6-9-21(29)15-22)16-24(31-32)20-11-13-23(36-2)14-12-20/h3-16H,17-18H2,1-2H3,(H,30,35). The molecule has 0 saturated heterocycles. The number of benzene rings is 3. The molecular formula is C28H25FN4O3. The summed E-state index contributed by atoms with van der Waals surface area (Å²) in [6.45, 7) is 2.07. The molecule has 7 nitrogen and oxygen atoms in total. The number of fused-ring (bicyclic) bond motifs is 1. The predicted molar refractivity (Wildman–Crippen MR) is 134 cm³/mol. The second kappa shape index (κ2) is 9.30. The summed E-state index contributed by atoms with van der Waals surface area (Å²) in [5, 5.41) is 7.59. The molecule has 36 heavy (non-hydrogen) atoms. The van der Waals surface area contributed by atoms with Crippen LogP contribution in [0.5, 0.6) is 5.75 Å². The van der Waals surface area contributed by atoms with E-state index in [1.165, 1.54) is 23.1 Å². The maximum Gasteiger partial charge on any atom is 0.277 e. The molecule has 1 aromatic heterocycles. The van der Waals surface area contributed by atoms with Crippen LogP contribution in [0.15, 0.2) is 84.9 Å². The van der Waals surface area contributed by atoms with Gasteiger partial charge in [-0.2, -0.15) is 5.10 Å². The molecule has 8 heteroatoms. The number of methoxy groups -OCH3 is 1. The summed E-state index contributed by atoms with van der Waals surface area (Å²) in [6.07, 6.45) is 0. The number of rotatable bonds is 6. The van der Waals surface area contributed by atoms with Gasteiger partial charge in [-0.05, 0) is 61.0 Å². The first kappa shape index (κ1) is 23.3. The second-order valence-corrected chi connectivity index (χ2v) is 8.86. The fourth-order valence-electron chi connectivity index (χ4n) is 4.47. The molecular weight excluding hydrogens is 459 g/mol. The molecule has 3 aromatic carbocycles. The highest BCUT2D eigenvalue weighted by Crippen LogP contribution is 2.34. The Morgan fingerprint density at radius 1 is 1.06 bits per heavy atom. The highest BCUT2D eigenvalue weighted by Gasteiger charge is 2.49. The van der Waals surface area contributed by atoms with Crippen LogP contribution in [0.1, 0.15) is 23.0 Å². The summed E-state index contributed by atoms with van der Waals surface area (Å²) in [4.78, 5) is 28.8. The Bertz CT molecular complexity index is 1420. The normalized spacial score (nSPS) is 17.0. The van der Waals surface area contributed by atoms with E-state index in [1.807, 2.05) is 54.6 Å². The topological polar surface area (TPSA) is 76.5 Å². The summed E-state index contributed by atoms with van der Waals surface area (Å²) in [7, 11) is 1.59. The molecule has 0 radical (unpaired) electrons. The van der Waals surface area contributed by atoms with Gasteiger partial charge in [-0.3, -0.25) is 19.2 Å². The van der Waals surface area contributed by atoms with Crippen molar-refractivity contribution < 1.29 is 18.7 Å². The molecule has 1 aliphatic rings. The van der Waals surface area contributed by atoms with E-state index in [-0.39, 0.29) is 12.5 Å². The minimum atomic E-state index is -1.35. The average molecular weight is 485 g/mol. The Labute approximate surface area is 208 Å². The lowest BCUT2D eigenvalue weighted by Gasteiger charge is -2.43. The zero-order chi connectivity index (χ0) is 25.3. The number of nitrogens with one attached hydrogen (secondary N) is 1. The van der Waals surface area contributed by atoms with Crippen molar-refractivity contribution >= 4 is 17.5 Å². The Morgan fingerprint density at radius 2 is 1.81 bits per heavy atom. The maximum absolute atomic E-state index is 14.2. The van der Waals surface area contributed by atoms with Crippen LogP contribution in [0.4, 0.5) is 10.1 Å². The number of hydrogen-bond donors (Lipinski definition) is 1. The molecule has 1 unspecified atom stereocenters. The fraction of sp³-hybridized carbons (Fsp3) is 0.179. The summed E-state index contributed by atoms with van der Waals surface area (Å²) in [5.41, 5.74) is 1.59. The molecule has 1 aliphatic heterocycles. The Balaban J connectivity index is 1.53. The van der Waals surface area contributed by atoms with E-state index < -0.39 is 17.3 Å². The van der Waals surface area contributed by atoms with Gasteiger partial charge in [0.05, 0.1) is 19.3 Å². The summed E-state index contributed by atoms with van der Waals surface area (Å²) < 4.78 is 21.0. The first-order chi connectivity index (χ1) is 17.4. The van der Waals surface area contributed by atoms with Crippen LogP contribution in [0.25, 0.3) is 11.3 Å². The fourth-order valence-corrected chi connectivity index (χ4v) is 4.47. The van der Waals surface area contributed by atoms with Gasteiger partial charge in [0, 0.05) is 17.8 Å². The maximum atomic E-state index is 14.2. The molecule has 1 atom stereocenters. The molecule has 182 valence electrons. The van der Waals surface area contributed by atoms with Crippen LogP contribution in [0.2, 0.25) is 0 Å². The SMILES string of the molecule is COc1ccc(-c2cc3n(n2)CC(C)(C(=O)NCc2ccccc2)N(c2cccc(F)c2)C3=O)cc1. The Morgan fingerprint density at radius 3 is 2.50 bits per heavy atom. The summed E-state index contributed by atoms with van der Waals surface area (Å²) >= 11 is 0. The smallest absolute Gasteiger partial charge is 0.277 e. The molecule has 5 rings (SSSR count). The van der Waals surface area contributed by atoms with Crippen molar-refractivity contribution in [2.75, 3.05) is 12.0 Å². The lowest BCUT2D eigenvalue weighted by atomic mass is 9.93. The average Bonchev–Trinajstić information content (AvgIpc) is 3.32. The van der Waals surface area contributed by atoms with Crippen LogP contribution in [-0.4, -0.2) is 34.2 Å². The quantitative estimate of drug-likeness (QED) is 0.439. The van der Waals surface area contributed by atoms with Gasteiger partial charge >= 0.3 is 0 Å². The Kier molecular flexibility index (Phi) is 6.01. The monoisotopic (exact) mass is 484 g/mol. The van der Waals surface area contributed by atoms with Crippen LogP contribution in [0, 0.1) is 5.82 Å². The number of carbonyl (C=O) groups is 2. The van der Waals surface area contributed by atoms with Gasteiger partial charge in [-0.25, -0.2) is 4.39 Å². The minimum Gasteiger partial charge on any atom is -0.497 e. The number of amides is 2. The van der Waals surface area contributed by atoms with Gasteiger partial charge in [-0.15, -0.1) is 0 Å². The highest BCUT2D eigenvalue weighted by atomic mass is 19.1. The number of carbonyl (C=O) groups excluding carboxylic acids is 2. The van der Waals surface area contributed by atoms with E-state index >= 15 is 0 Å². The number of ether oxygens (including phenoxy) is 1. The van der Waals surface area contributed by atoms with Gasteiger partial charge in [0.2, 0.25) is 5.91 Å². The van der Waals surface area contributed by atoms with E-state index in [1.54, 1.807) is 30.8 Å². The van der Waals surface area contributed by atoms with Crippen molar-refractivity contribution in [2.45, 2.75) is 25.6 Å². The molecule has 0 spiro atoms. The highest BCUT2D eigenvalue weighted by molar-refractivity contribution is 6.12. The lowest BCUT2D eigenvalue weighted by Crippen LogP contribution is -2.64. The lowest BCUT2D eigenvalue weighted by molar-refractivity contribution is -0.126. The number of halogens is 1. The third kappa shape index (κ3) is 4.22. The van der Waals surface area contributed by atoms with Gasteiger partial charge in [-0.1, -0.05) is 36.4 Å². The van der Waals surface area contributed by atoms with Crippen LogP contribution >= 0.6 is 0 Å². The predicted octanol–water partition coefficient (Wildman–Crippen LogP) is 4.43. The number of anilines is 1. The van der Waals surface area contributed by atoms with Gasteiger partial charge in [0.25, 0.3) is 5.91 Å². The van der Waals surface area contributed by atoms with E-state index in [9.17, 15) is 14.0 Å². The third-order valence-electron chi connectivity index (χ3n) is 6.39. The number of aromatic nitrogens is 2. The van der Waals surface area contributed by atoms with Gasteiger partial charge in [0.1, 0.15) is 22.8 Å². The summed E-state index contributed by atoms with van der Waals surface area (Å²) in [6, 6.07) is 24.2. The molecule has 0 bridgehead atoms. The zero-order valence-corrected chi connectivity index (χ0v) is 19.9. The van der Waals surface area contributed by atoms with E-state index in [0.29, 0.717) is 29.4 Å². The van der Waals surface area contributed by atoms with E-state index in [2.05, 4.69) is 10.4 Å². The van der Waals surface area contributed by atoms with Crippen molar-refractivity contribution in [3.63, 3.8) is 0 Å². The van der Waals surface area contributed by atoms with Crippen molar-refractivity contribution in [1.29, 1.82) is 0 Å². The number of nitrogens with zero attached hydrogens (tertiary/aromatic N) is 3. The minimum absolute atomic E-state index is 0.0986. The van der Waals surface area contributed by atoms with Gasteiger partial charge < -0.3 is 10.1 Å². The molecule has 0 aliphatic carbocycles. The molecule has 2 amide bonds. The molecule has 0 saturated carbocycles. The van der Waals surface area contributed by atoms with Crippen LogP contribution in [0.3, 0.4) is 0 Å². The largest absolute Gasteiger partial charge is 0.497 e. The molecule has 2 heterocycles. The van der Waals surface area contributed by atoms with Crippen molar-refractivity contribution in [3.05, 3.63) is 102 Å². The second-order valence-electron chi connectivity index (χ2n) is 8.86. The first-order valence-electron chi connectivity index (χ1n) is 11.5. The third-order valence-corrected chi connectivity index (χ3v) is 6.39. The van der Waals surface area contributed by atoms with Crippen LogP contribution in [-0.2, 0) is 17.9 Å².